The van der Waals surface area contributed by atoms with Crippen molar-refractivity contribution in [3.05, 3.63) is 36.3 Å². The van der Waals surface area contributed by atoms with Gasteiger partial charge in [0.15, 0.2) is 0 Å². The average Bonchev–Trinajstić information content (AvgIpc) is 3.28. The average molecular weight is 338 g/mol. The molecule has 2 aromatic rings. The van der Waals surface area contributed by atoms with Crippen LogP contribution in [-0.4, -0.2) is 22.0 Å². The highest BCUT2D eigenvalue weighted by atomic mass is 16.1. The van der Waals surface area contributed by atoms with Gasteiger partial charge < -0.3 is 15.6 Å². The number of anilines is 1. The number of aryl methyl sites for hydroxylation is 2. The first-order chi connectivity index (χ1) is 12.2. The molecule has 1 saturated carbocycles. The number of nitrogens with zero attached hydrogens (tertiary/aromatic N) is 2. The van der Waals surface area contributed by atoms with Gasteiger partial charge in [-0.15, -0.1) is 0 Å². The van der Waals surface area contributed by atoms with Crippen LogP contribution in [0.3, 0.4) is 0 Å². The highest BCUT2D eigenvalue weighted by molar-refractivity contribution is 5.93. The lowest BCUT2D eigenvalue weighted by atomic mass is 9.95. The van der Waals surface area contributed by atoms with Gasteiger partial charge in [0.25, 0.3) is 0 Å². The van der Waals surface area contributed by atoms with E-state index in [4.69, 9.17) is 10.7 Å². The summed E-state index contributed by atoms with van der Waals surface area (Å²) in [4.78, 5) is 17.2. The zero-order valence-electron chi connectivity index (χ0n) is 14.6. The molecular weight excluding hydrogens is 312 g/mol. The number of rotatable bonds is 4. The third-order valence-corrected chi connectivity index (χ3v) is 5.66. The quantitative estimate of drug-likeness (QED) is 0.899. The van der Waals surface area contributed by atoms with E-state index in [1.807, 2.05) is 24.3 Å². The van der Waals surface area contributed by atoms with Crippen molar-refractivity contribution in [1.29, 1.82) is 0 Å². The summed E-state index contributed by atoms with van der Waals surface area (Å²) < 4.78 is 2.27. The molecule has 25 heavy (non-hydrogen) atoms. The first-order valence-corrected chi connectivity index (χ1v) is 9.42. The van der Waals surface area contributed by atoms with Crippen LogP contribution < -0.4 is 11.1 Å². The molecule has 1 fully saturated rings. The molecule has 5 nitrogen and oxygen atoms in total. The number of amides is 1. The second kappa shape index (κ2) is 7.00. The maximum absolute atomic E-state index is 12.5. The minimum absolute atomic E-state index is 0.0598. The van der Waals surface area contributed by atoms with Crippen LogP contribution in [0.2, 0.25) is 0 Å². The molecule has 1 amide bonds. The zero-order valence-corrected chi connectivity index (χ0v) is 14.6. The highest BCUT2D eigenvalue weighted by Gasteiger charge is 2.31. The lowest BCUT2D eigenvalue weighted by Gasteiger charge is -2.17. The Balaban J connectivity index is 1.45. The minimum Gasteiger partial charge on any atom is -0.334 e. The summed E-state index contributed by atoms with van der Waals surface area (Å²) >= 11 is 0. The van der Waals surface area contributed by atoms with E-state index in [1.165, 1.54) is 18.7 Å². The first-order valence-electron chi connectivity index (χ1n) is 9.42. The van der Waals surface area contributed by atoms with Gasteiger partial charge in [0.05, 0.1) is 5.69 Å². The molecule has 2 atom stereocenters. The number of aromatic nitrogens is 2. The Hall–Kier alpha value is -2.14. The highest BCUT2D eigenvalue weighted by Crippen LogP contribution is 2.32. The standard InChI is InChI=1S/C20H26N4O/c21-12-15-4-3-5-17(15)20(25)22-16-9-7-14(8-10-16)18-13-24-11-2-1-6-19(24)23-18/h7-10,13,15,17H,1-6,11-12,21H2,(H,22,25)/t15-,17-/m1/s1. The van der Waals surface area contributed by atoms with Gasteiger partial charge in [-0.25, -0.2) is 4.98 Å². The predicted octanol–water partition coefficient (Wildman–Crippen LogP) is 3.20. The molecule has 132 valence electrons. The summed E-state index contributed by atoms with van der Waals surface area (Å²) in [6.07, 6.45) is 8.80. The summed E-state index contributed by atoms with van der Waals surface area (Å²) in [5.74, 6) is 1.69. The van der Waals surface area contributed by atoms with Gasteiger partial charge in [-0.05, 0) is 50.3 Å². The van der Waals surface area contributed by atoms with Gasteiger partial charge in [0.2, 0.25) is 5.91 Å². The Labute approximate surface area is 148 Å². The van der Waals surface area contributed by atoms with Gasteiger partial charge in [-0.3, -0.25) is 4.79 Å². The molecule has 0 saturated heterocycles. The zero-order chi connectivity index (χ0) is 17.2. The predicted molar refractivity (Wildman–Crippen MR) is 99.1 cm³/mol. The van der Waals surface area contributed by atoms with Crippen molar-refractivity contribution < 1.29 is 4.79 Å². The van der Waals surface area contributed by atoms with E-state index in [-0.39, 0.29) is 11.8 Å². The Morgan fingerprint density at radius 3 is 2.80 bits per heavy atom. The Kier molecular flexibility index (Phi) is 4.57. The number of benzene rings is 1. The van der Waals surface area contributed by atoms with Crippen LogP contribution >= 0.6 is 0 Å². The number of hydrogen-bond donors (Lipinski definition) is 2. The van der Waals surface area contributed by atoms with Crippen molar-refractivity contribution >= 4 is 11.6 Å². The molecule has 0 radical (unpaired) electrons. The van der Waals surface area contributed by atoms with Crippen LogP contribution in [0.25, 0.3) is 11.3 Å². The van der Waals surface area contributed by atoms with Gasteiger partial charge in [-0.1, -0.05) is 18.6 Å². The molecule has 0 unspecified atom stereocenters. The number of fused-ring (bicyclic) bond motifs is 1. The van der Waals surface area contributed by atoms with Gasteiger partial charge >= 0.3 is 0 Å². The van der Waals surface area contributed by atoms with Crippen molar-refractivity contribution in [2.24, 2.45) is 17.6 Å². The molecule has 0 bridgehead atoms. The van der Waals surface area contributed by atoms with E-state index < -0.39 is 0 Å². The number of imidazole rings is 1. The van der Waals surface area contributed by atoms with Crippen molar-refractivity contribution in [2.75, 3.05) is 11.9 Å². The van der Waals surface area contributed by atoms with Crippen molar-refractivity contribution in [3.63, 3.8) is 0 Å². The molecule has 2 aliphatic rings. The number of nitrogens with two attached hydrogens (primary N) is 1. The maximum Gasteiger partial charge on any atom is 0.227 e. The third-order valence-electron chi connectivity index (χ3n) is 5.66. The summed E-state index contributed by atoms with van der Waals surface area (Å²) in [5.41, 5.74) is 8.76. The third kappa shape index (κ3) is 3.33. The second-order valence-corrected chi connectivity index (χ2v) is 7.29. The van der Waals surface area contributed by atoms with Crippen LogP contribution in [0, 0.1) is 11.8 Å². The second-order valence-electron chi connectivity index (χ2n) is 7.29. The van der Waals surface area contributed by atoms with Crippen LogP contribution in [0.5, 0.6) is 0 Å². The number of nitrogens with one attached hydrogen (secondary N) is 1. The van der Waals surface area contributed by atoms with Crippen molar-refractivity contribution in [1.82, 2.24) is 9.55 Å². The number of hydrogen-bond acceptors (Lipinski definition) is 3. The van der Waals surface area contributed by atoms with Gasteiger partial charge in [0, 0.05) is 36.3 Å². The van der Waals surface area contributed by atoms with Crippen LogP contribution in [0.1, 0.15) is 37.9 Å². The van der Waals surface area contributed by atoms with Crippen LogP contribution in [0.4, 0.5) is 5.69 Å². The molecule has 5 heteroatoms. The fraction of sp³-hybridized carbons (Fsp3) is 0.500. The molecule has 3 N–H and O–H groups in total. The molecule has 4 rings (SSSR count). The molecule has 1 aromatic heterocycles. The van der Waals surface area contributed by atoms with E-state index in [0.29, 0.717) is 12.5 Å². The lowest BCUT2D eigenvalue weighted by molar-refractivity contribution is -0.120. The van der Waals surface area contributed by atoms with E-state index in [1.54, 1.807) is 0 Å². The maximum atomic E-state index is 12.5. The number of carbonyl (C=O) groups excluding carboxylic acids is 1. The van der Waals surface area contributed by atoms with Crippen molar-refractivity contribution in [2.45, 2.75) is 45.1 Å². The lowest BCUT2D eigenvalue weighted by Crippen LogP contribution is -2.29. The monoisotopic (exact) mass is 338 g/mol. The van der Waals surface area contributed by atoms with Crippen LogP contribution in [0.15, 0.2) is 30.5 Å². The Morgan fingerprint density at radius 1 is 1.20 bits per heavy atom. The normalized spacial score (nSPS) is 22.6. The van der Waals surface area contributed by atoms with Crippen molar-refractivity contribution in [3.8, 4) is 11.3 Å². The molecule has 1 aliphatic carbocycles. The summed E-state index contributed by atoms with van der Waals surface area (Å²) in [6, 6.07) is 8.02. The van der Waals surface area contributed by atoms with Gasteiger partial charge in [0.1, 0.15) is 5.82 Å². The molecule has 1 aromatic carbocycles. The van der Waals surface area contributed by atoms with Crippen LogP contribution in [-0.2, 0) is 17.8 Å². The molecule has 1 aliphatic heterocycles. The summed E-state index contributed by atoms with van der Waals surface area (Å²) in [7, 11) is 0. The summed E-state index contributed by atoms with van der Waals surface area (Å²) in [5, 5.41) is 3.06. The minimum atomic E-state index is 0.0598. The van der Waals surface area contributed by atoms with E-state index in [2.05, 4.69) is 16.1 Å². The van der Waals surface area contributed by atoms with E-state index in [9.17, 15) is 4.79 Å². The van der Waals surface area contributed by atoms with Gasteiger partial charge in [-0.2, -0.15) is 0 Å². The molecule has 0 spiro atoms. The smallest absolute Gasteiger partial charge is 0.227 e. The largest absolute Gasteiger partial charge is 0.334 e. The fourth-order valence-electron chi connectivity index (χ4n) is 4.18. The molecule has 2 heterocycles. The van der Waals surface area contributed by atoms with E-state index in [0.717, 1.165) is 49.2 Å². The SMILES string of the molecule is NC[C@H]1CCC[C@H]1C(=O)Nc1ccc(-c2cn3c(n2)CCCC3)cc1. The summed E-state index contributed by atoms with van der Waals surface area (Å²) in [6.45, 7) is 1.67. The van der Waals surface area contributed by atoms with E-state index >= 15 is 0 Å². The number of carbonyl (C=O) groups is 1. The first kappa shape index (κ1) is 16.3. The Morgan fingerprint density at radius 2 is 2.04 bits per heavy atom. The topological polar surface area (TPSA) is 72.9 Å². The fourth-order valence-corrected chi connectivity index (χ4v) is 4.18. The Bertz CT molecular complexity index is 726. The molecular formula is C20H26N4O.